The summed E-state index contributed by atoms with van der Waals surface area (Å²) in [6, 6.07) is 21.3. The van der Waals surface area contributed by atoms with Crippen LogP contribution in [0.15, 0.2) is 77.6 Å². The van der Waals surface area contributed by atoms with Crippen molar-refractivity contribution in [3.63, 3.8) is 0 Å². The van der Waals surface area contributed by atoms with Crippen molar-refractivity contribution in [3.05, 3.63) is 99.0 Å². The third kappa shape index (κ3) is 5.07. The first kappa shape index (κ1) is 22.2. The van der Waals surface area contributed by atoms with Gasteiger partial charge in [-0.3, -0.25) is 19.0 Å². The van der Waals surface area contributed by atoms with E-state index in [4.69, 9.17) is 12.2 Å². The van der Waals surface area contributed by atoms with Crippen LogP contribution in [0.1, 0.15) is 22.3 Å². The van der Waals surface area contributed by atoms with Crippen LogP contribution in [0.4, 0.5) is 11.4 Å². The molecule has 0 fully saturated rings. The quantitative estimate of drug-likeness (QED) is 0.367. The van der Waals surface area contributed by atoms with Crippen LogP contribution in [-0.2, 0) is 11.3 Å². The SMILES string of the molecule is Cc1ccc(NC(=O)c2ccccc2)cc1NC(=O)CCn1c(=S)[nH]c2ccccc2c1=O. The number of nitrogens with zero attached hydrogens (tertiary/aromatic N) is 1. The minimum atomic E-state index is -0.265. The number of carbonyl (C=O) groups excluding carboxylic acids is 2. The van der Waals surface area contributed by atoms with Crippen molar-refractivity contribution in [3.8, 4) is 0 Å². The number of aromatic amines is 1. The Morgan fingerprint density at radius 1 is 0.970 bits per heavy atom. The van der Waals surface area contributed by atoms with E-state index < -0.39 is 0 Å². The number of fused-ring (bicyclic) bond motifs is 1. The fraction of sp³-hybridized carbons (Fsp3) is 0.120. The number of nitrogens with one attached hydrogen (secondary N) is 3. The molecular weight excluding hydrogens is 436 g/mol. The average Bonchev–Trinajstić information content (AvgIpc) is 2.81. The Labute approximate surface area is 195 Å². The topological polar surface area (TPSA) is 96.0 Å². The van der Waals surface area contributed by atoms with Crippen LogP contribution in [0, 0.1) is 11.7 Å². The van der Waals surface area contributed by atoms with E-state index in [-0.39, 0.29) is 35.1 Å². The third-order valence-electron chi connectivity index (χ3n) is 5.26. The molecule has 3 N–H and O–H groups in total. The zero-order valence-electron chi connectivity index (χ0n) is 17.9. The maximum Gasteiger partial charge on any atom is 0.262 e. The first-order valence-corrected chi connectivity index (χ1v) is 10.8. The number of amides is 2. The molecule has 3 aromatic carbocycles. The highest BCUT2D eigenvalue weighted by molar-refractivity contribution is 7.71. The number of rotatable bonds is 6. The number of anilines is 2. The minimum Gasteiger partial charge on any atom is -0.332 e. The Morgan fingerprint density at radius 3 is 2.48 bits per heavy atom. The van der Waals surface area contributed by atoms with Crippen molar-refractivity contribution in [1.82, 2.24) is 9.55 Å². The predicted octanol–water partition coefficient (Wildman–Crippen LogP) is 4.65. The normalized spacial score (nSPS) is 10.7. The number of carbonyl (C=O) groups is 2. The van der Waals surface area contributed by atoms with Crippen LogP contribution < -0.4 is 16.2 Å². The molecule has 0 spiro atoms. The Bertz CT molecular complexity index is 1460. The third-order valence-corrected chi connectivity index (χ3v) is 5.58. The number of para-hydroxylation sites is 1. The molecule has 0 saturated carbocycles. The van der Waals surface area contributed by atoms with Crippen molar-refractivity contribution in [2.24, 2.45) is 0 Å². The minimum absolute atomic E-state index is 0.0652. The lowest BCUT2D eigenvalue weighted by Crippen LogP contribution is -2.25. The van der Waals surface area contributed by atoms with Crippen LogP contribution in [0.25, 0.3) is 10.9 Å². The molecule has 8 heteroatoms. The van der Waals surface area contributed by atoms with Gasteiger partial charge in [-0.1, -0.05) is 36.4 Å². The number of hydrogen-bond acceptors (Lipinski definition) is 4. The molecule has 166 valence electrons. The summed E-state index contributed by atoms with van der Waals surface area (Å²) in [5.74, 6) is -0.499. The lowest BCUT2D eigenvalue weighted by atomic mass is 10.1. The maximum atomic E-state index is 12.7. The summed E-state index contributed by atoms with van der Waals surface area (Å²) in [6.45, 7) is 2.01. The molecule has 1 heterocycles. The van der Waals surface area contributed by atoms with E-state index in [1.807, 2.05) is 25.1 Å². The molecule has 2 amide bonds. The van der Waals surface area contributed by atoms with E-state index >= 15 is 0 Å². The van der Waals surface area contributed by atoms with Gasteiger partial charge in [-0.05, 0) is 61.1 Å². The monoisotopic (exact) mass is 458 g/mol. The number of aromatic nitrogens is 2. The van der Waals surface area contributed by atoms with Crippen molar-refractivity contribution in [2.45, 2.75) is 19.9 Å². The molecule has 0 unspecified atom stereocenters. The first-order chi connectivity index (χ1) is 15.9. The smallest absolute Gasteiger partial charge is 0.262 e. The van der Waals surface area contributed by atoms with Gasteiger partial charge in [-0.2, -0.15) is 0 Å². The van der Waals surface area contributed by atoms with Crippen molar-refractivity contribution < 1.29 is 9.59 Å². The van der Waals surface area contributed by atoms with Gasteiger partial charge in [0.15, 0.2) is 4.77 Å². The van der Waals surface area contributed by atoms with Crippen LogP contribution in [0.3, 0.4) is 0 Å². The summed E-state index contributed by atoms with van der Waals surface area (Å²) < 4.78 is 1.66. The van der Waals surface area contributed by atoms with Crippen LogP contribution in [-0.4, -0.2) is 21.4 Å². The second kappa shape index (κ2) is 9.62. The molecule has 7 nitrogen and oxygen atoms in total. The largest absolute Gasteiger partial charge is 0.332 e. The van der Waals surface area contributed by atoms with Gasteiger partial charge >= 0.3 is 0 Å². The van der Waals surface area contributed by atoms with E-state index in [0.29, 0.717) is 27.8 Å². The van der Waals surface area contributed by atoms with E-state index in [1.54, 1.807) is 54.6 Å². The summed E-state index contributed by atoms with van der Waals surface area (Å²) in [5, 5.41) is 6.21. The summed E-state index contributed by atoms with van der Waals surface area (Å²) in [6.07, 6.45) is 0.0652. The second-order valence-electron chi connectivity index (χ2n) is 7.58. The summed E-state index contributed by atoms with van der Waals surface area (Å²) in [7, 11) is 0. The van der Waals surface area contributed by atoms with Crippen LogP contribution in [0.5, 0.6) is 0 Å². The Morgan fingerprint density at radius 2 is 1.70 bits per heavy atom. The maximum absolute atomic E-state index is 12.7. The second-order valence-corrected chi connectivity index (χ2v) is 7.97. The van der Waals surface area contributed by atoms with Crippen molar-refractivity contribution in [1.29, 1.82) is 0 Å². The van der Waals surface area contributed by atoms with Crippen LogP contribution in [0.2, 0.25) is 0 Å². The molecule has 0 saturated heterocycles. The lowest BCUT2D eigenvalue weighted by molar-refractivity contribution is -0.116. The van der Waals surface area contributed by atoms with Gasteiger partial charge in [-0.15, -0.1) is 0 Å². The van der Waals surface area contributed by atoms with Gasteiger partial charge in [0, 0.05) is 29.9 Å². The highest BCUT2D eigenvalue weighted by atomic mass is 32.1. The molecular formula is C25H22N4O3S. The predicted molar refractivity (Wildman–Crippen MR) is 132 cm³/mol. The van der Waals surface area contributed by atoms with E-state index in [1.165, 1.54) is 4.57 Å². The van der Waals surface area contributed by atoms with Gasteiger partial charge in [0.1, 0.15) is 0 Å². The number of H-pyrrole nitrogens is 1. The van der Waals surface area contributed by atoms with Crippen LogP contribution >= 0.6 is 12.2 Å². The van der Waals surface area contributed by atoms with Gasteiger partial charge in [-0.25, -0.2) is 0 Å². The molecule has 4 rings (SSSR count). The first-order valence-electron chi connectivity index (χ1n) is 10.4. The molecule has 0 aliphatic heterocycles. The summed E-state index contributed by atoms with van der Waals surface area (Å²) in [5.41, 5.74) is 2.98. The zero-order valence-corrected chi connectivity index (χ0v) is 18.7. The number of benzene rings is 3. The number of hydrogen-bond donors (Lipinski definition) is 3. The van der Waals surface area contributed by atoms with Crippen molar-refractivity contribution >= 4 is 46.3 Å². The average molecular weight is 459 g/mol. The van der Waals surface area contributed by atoms with E-state index in [9.17, 15) is 14.4 Å². The van der Waals surface area contributed by atoms with E-state index in [0.717, 1.165) is 5.56 Å². The standard InChI is InChI=1S/C25H22N4O3S/c1-16-11-12-18(26-23(31)17-7-3-2-4-8-17)15-21(16)27-22(30)13-14-29-24(32)19-9-5-6-10-20(19)28-25(29)33/h2-12,15H,13-14H2,1H3,(H,26,31)(H,27,30)(H,28,33). The highest BCUT2D eigenvalue weighted by Gasteiger charge is 2.11. The molecule has 0 aliphatic carbocycles. The zero-order chi connectivity index (χ0) is 23.4. The molecule has 0 aliphatic rings. The van der Waals surface area contributed by atoms with Gasteiger partial charge in [0.05, 0.1) is 10.9 Å². The summed E-state index contributed by atoms with van der Waals surface area (Å²) >= 11 is 5.30. The molecule has 0 bridgehead atoms. The van der Waals surface area contributed by atoms with Gasteiger partial charge in [0.25, 0.3) is 11.5 Å². The summed E-state index contributed by atoms with van der Waals surface area (Å²) in [4.78, 5) is 40.8. The fourth-order valence-corrected chi connectivity index (χ4v) is 3.74. The molecule has 0 atom stereocenters. The van der Waals surface area contributed by atoms with E-state index in [2.05, 4.69) is 15.6 Å². The lowest BCUT2D eigenvalue weighted by Gasteiger charge is -2.12. The Hall–Kier alpha value is -4.04. The van der Waals surface area contributed by atoms with Crippen molar-refractivity contribution in [2.75, 3.05) is 10.6 Å². The molecule has 1 aromatic heterocycles. The Balaban J connectivity index is 1.45. The Kier molecular flexibility index (Phi) is 6.46. The van der Waals surface area contributed by atoms with Gasteiger partial charge in [0.2, 0.25) is 5.91 Å². The fourth-order valence-electron chi connectivity index (χ4n) is 3.46. The molecule has 4 aromatic rings. The highest BCUT2D eigenvalue weighted by Crippen LogP contribution is 2.21. The molecule has 0 radical (unpaired) electrons. The van der Waals surface area contributed by atoms with Gasteiger partial charge < -0.3 is 15.6 Å². The number of aryl methyl sites for hydroxylation is 1. The molecule has 33 heavy (non-hydrogen) atoms.